The molecule has 1 heterocycles. The minimum atomic E-state index is -0.562. The Morgan fingerprint density at radius 1 is 1.07 bits per heavy atom. The van der Waals surface area contributed by atoms with Gasteiger partial charge in [-0.05, 0) is 56.1 Å². The molecule has 0 radical (unpaired) electrons. The van der Waals surface area contributed by atoms with E-state index < -0.39 is 6.10 Å². The molecule has 0 unspecified atom stereocenters. The number of aliphatic hydroxyl groups excluding tert-OH is 1. The van der Waals surface area contributed by atoms with Crippen LogP contribution in [0.15, 0.2) is 54.6 Å². The summed E-state index contributed by atoms with van der Waals surface area (Å²) in [4.78, 5) is 14.0. The Hall–Kier alpha value is -2.37. The van der Waals surface area contributed by atoms with Gasteiger partial charge in [0.25, 0.3) is 0 Å². The van der Waals surface area contributed by atoms with Gasteiger partial charge in [0.1, 0.15) is 18.5 Å². The number of esters is 1. The molecule has 1 aliphatic heterocycles. The molecular formula is C23H29NO4. The summed E-state index contributed by atoms with van der Waals surface area (Å²) in [6, 6.07) is 18.1. The van der Waals surface area contributed by atoms with Gasteiger partial charge < -0.3 is 19.5 Å². The van der Waals surface area contributed by atoms with Crippen molar-refractivity contribution in [1.82, 2.24) is 4.90 Å². The molecule has 0 saturated carbocycles. The number of carbonyl (C=O) groups excluding carboxylic acids is 1. The second kappa shape index (κ2) is 10.2. The SMILES string of the molecule is CCOC(=O)C1CCN(C[C@H](O)COc2ccc(-c3ccccc3)cc2)CC1. The maximum absolute atomic E-state index is 11.8. The highest BCUT2D eigenvalue weighted by molar-refractivity contribution is 5.72. The summed E-state index contributed by atoms with van der Waals surface area (Å²) in [5.74, 6) is 0.650. The van der Waals surface area contributed by atoms with Gasteiger partial charge in [0.2, 0.25) is 0 Å². The molecular weight excluding hydrogens is 354 g/mol. The molecule has 1 atom stereocenters. The van der Waals surface area contributed by atoms with Gasteiger partial charge in [-0.2, -0.15) is 0 Å². The van der Waals surface area contributed by atoms with E-state index in [-0.39, 0.29) is 18.5 Å². The maximum atomic E-state index is 11.8. The summed E-state index contributed by atoms with van der Waals surface area (Å²) < 4.78 is 10.8. The third-order valence-corrected chi connectivity index (χ3v) is 5.08. The van der Waals surface area contributed by atoms with Gasteiger partial charge >= 0.3 is 5.97 Å². The molecule has 5 nitrogen and oxygen atoms in total. The van der Waals surface area contributed by atoms with Crippen molar-refractivity contribution in [3.05, 3.63) is 54.6 Å². The number of aliphatic hydroxyl groups is 1. The first-order valence-electron chi connectivity index (χ1n) is 10.0. The highest BCUT2D eigenvalue weighted by Gasteiger charge is 2.26. The molecule has 1 saturated heterocycles. The zero-order valence-electron chi connectivity index (χ0n) is 16.4. The van der Waals surface area contributed by atoms with Crippen molar-refractivity contribution in [3.8, 4) is 16.9 Å². The molecule has 1 fully saturated rings. The molecule has 3 rings (SSSR count). The second-order valence-electron chi connectivity index (χ2n) is 7.18. The maximum Gasteiger partial charge on any atom is 0.309 e. The van der Waals surface area contributed by atoms with Crippen LogP contribution in [-0.4, -0.2) is 54.9 Å². The van der Waals surface area contributed by atoms with Crippen molar-refractivity contribution in [1.29, 1.82) is 0 Å². The summed E-state index contributed by atoms with van der Waals surface area (Å²) in [6.45, 7) is 4.67. The largest absolute Gasteiger partial charge is 0.491 e. The molecule has 1 aliphatic rings. The van der Waals surface area contributed by atoms with Gasteiger partial charge in [0.05, 0.1) is 12.5 Å². The van der Waals surface area contributed by atoms with Gasteiger partial charge in [0, 0.05) is 6.54 Å². The number of hydrogen-bond donors (Lipinski definition) is 1. The van der Waals surface area contributed by atoms with Crippen LogP contribution in [0.3, 0.4) is 0 Å². The molecule has 0 spiro atoms. The highest BCUT2D eigenvalue weighted by Crippen LogP contribution is 2.22. The Kier molecular flexibility index (Phi) is 7.46. The van der Waals surface area contributed by atoms with Crippen LogP contribution in [0.2, 0.25) is 0 Å². The van der Waals surface area contributed by atoms with Crippen molar-refractivity contribution in [3.63, 3.8) is 0 Å². The Bertz CT molecular complexity index is 724. The number of β-amino-alcohol motifs (C(OH)–C–C–N with tert-alkyl or cyclic N) is 1. The number of piperidine rings is 1. The van der Waals surface area contributed by atoms with Gasteiger partial charge in [-0.1, -0.05) is 42.5 Å². The monoisotopic (exact) mass is 383 g/mol. The topological polar surface area (TPSA) is 59.0 Å². The predicted octanol–water partition coefficient (Wildman–Crippen LogP) is 3.37. The van der Waals surface area contributed by atoms with Crippen LogP contribution < -0.4 is 4.74 Å². The fraction of sp³-hybridized carbons (Fsp3) is 0.435. The number of carbonyl (C=O) groups is 1. The minimum absolute atomic E-state index is 0.00674. The smallest absolute Gasteiger partial charge is 0.309 e. The lowest BCUT2D eigenvalue weighted by molar-refractivity contribution is -0.149. The molecule has 0 aromatic heterocycles. The standard InChI is InChI=1S/C23H29NO4/c1-2-27-23(26)20-12-14-24(15-13-20)16-21(25)17-28-22-10-8-19(9-11-22)18-6-4-3-5-7-18/h3-11,20-21,25H,2,12-17H2,1H3/t21-/m0/s1. The van der Waals surface area contributed by atoms with Crippen molar-refractivity contribution < 1.29 is 19.4 Å². The van der Waals surface area contributed by atoms with Crippen LogP contribution in [0.5, 0.6) is 5.75 Å². The van der Waals surface area contributed by atoms with Crippen molar-refractivity contribution >= 4 is 5.97 Å². The molecule has 1 N–H and O–H groups in total. The lowest BCUT2D eigenvalue weighted by Gasteiger charge is -2.32. The molecule has 0 bridgehead atoms. The molecule has 0 aliphatic carbocycles. The fourth-order valence-corrected chi connectivity index (χ4v) is 3.53. The van der Waals surface area contributed by atoms with E-state index in [1.165, 1.54) is 5.56 Å². The number of rotatable bonds is 8. The summed E-state index contributed by atoms with van der Waals surface area (Å²) in [5.41, 5.74) is 2.30. The third kappa shape index (κ3) is 5.81. The molecule has 2 aromatic carbocycles. The fourth-order valence-electron chi connectivity index (χ4n) is 3.53. The molecule has 28 heavy (non-hydrogen) atoms. The quantitative estimate of drug-likeness (QED) is 0.709. The van der Waals surface area contributed by atoms with Gasteiger partial charge in [-0.15, -0.1) is 0 Å². The number of ether oxygens (including phenoxy) is 2. The number of likely N-dealkylation sites (tertiary alicyclic amines) is 1. The van der Waals surface area contributed by atoms with E-state index in [2.05, 4.69) is 17.0 Å². The van der Waals surface area contributed by atoms with Crippen molar-refractivity contribution in [2.24, 2.45) is 5.92 Å². The van der Waals surface area contributed by atoms with Gasteiger partial charge in [-0.25, -0.2) is 0 Å². The lowest BCUT2D eigenvalue weighted by atomic mass is 9.97. The first-order chi connectivity index (χ1) is 13.7. The number of hydrogen-bond acceptors (Lipinski definition) is 5. The molecule has 5 heteroatoms. The van der Waals surface area contributed by atoms with Gasteiger partial charge in [0.15, 0.2) is 0 Å². The van der Waals surface area contributed by atoms with Gasteiger partial charge in [-0.3, -0.25) is 4.79 Å². The van der Waals surface area contributed by atoms with E-state index in [0.29, 0.717) is 13.2 Å². The van der Waals surface area contributed by atoms with Crippen LogP contribution in [-0.2, 0) is 9.53 Å². The van der Waals surface area contributed by atoms with Crippen LogP contribution in [0.4, 0.5) is 0 Å². The van der Waals surface area contributed by atoms with Crippen LogP contribution >= 0.6 is 0 Å². The third-order valence-electron chi connectivity index (χ3n) is 5.08. The Morgan fingerprint density at radius 3 is 2.36 bits per heavy atom. The number of benzene rings is 2. The van der Waals surface area contributed by atoms with E-state index in [0.717, 1.165) is 37.2 Å². The van der Waals surface area contributed by atoms with E-state index in [1.54, 1.807) is 0 Å². The average Bonchev–Trinajstić information content (AvgIpc) is 2.74. The normalized spacial score (nSPS) is 16.5. The Morgan fingerprint density at radius 2 is 1.71 bits per heavy atom. The van der Waals surface area contributed by atoms with Crippen LogP contribution in [0.1, 0.15) is 19.8 Å². The van der Waals surface area contributed by atoms with Crippen molar-refractivity contribution in [2.45, 2.75) is 25.9 Å². The van der Waals surface area contributed by atoms with E-state index in [1.807, 2.05) is 49.4 Å². The Balaban J connectivity index is 1.40. The first kappa shape index (κ1) is 20.4. The number of nitrogens with zero attached hydrogens (tertiary/aromatic N) is 1. The zero-order valence-corrected chi connectivity index (χ0v) is 16.4. The summed E-state index contributed by atoms with van der Waals surface area (Å²) in [6.07, 6.45) is 1.01. The molecule has 2 aromatic rings. The summed E-state index contributed by atoms with van der Waals surface area (Å²) in [5, 5.41) is 10.3. The van der Waals surface area contributed by atoms with Crippen molar-refractivity contribution in [2.75, 3.05) is 32.8 Å². The van der Waals surface area contributed by atoms with Crippen LogP contribution in [0.25, 0.3) is 11.1 Å². The molecule has 0 amide bonds. The van der Waals surface area contributed by atoms with E-state index >= 15 is 0 Å². The first-order valence-corrected chi connectivity index (χ1v) is 10.0. The summed E-state index contributed by atoms with van der Waals surface area (Å²) >= 11 is 0. The minimum Gasteiger partial charge on any atom is -0.491 e. The highest BCUT2D eigenvalue weighted by atomic mass is 16.5. The van der Waals surface area contributed by atoms with E-state index in [9.17, 15) is 9.90 Å². The second-order valence-corrected chi connectivity index (χ2v) is 7.18. The van der Waals surface area contributed by atoms with E-state index in [4.69, 9.17) is 9.47 Å². The molecule has 150 valence electrons. The van der Waals surface area contributed by atoms with Crippen LogP contribution in [0, 0.1) is 5.92 Å². The zero-order chi connectivity index (χ0) is 19.8. The predicted molar refractivity (Wildman–Crippen MR) is 109 cm³/mol. The lowest BCUT2D eigenvalue weighted by Crippen LogP contribution is -2.42. The Labute approximate surface area is 166 Å². The average molecular weight is 383 g/mol. The summed E-state index contributed by atoms with van der Waals surface area (Å²) in [7, 11) is 0.